The number of aliphatic carboxylic acids is 1. The second kappa shape index (κ2) is 4.83. The maximum atomic E-state index is 11.3. The first kappa shape index (κ1) is 11.6. The maximum Gasteiger partial charge on any atom is 0.309 e. The molecule has 0 aliphatic heterocycles. The van der Waals surface area contributed by atoms with Crippen LogP contribution in [0.5, 0.6) is 0 Å². The highest BCUT2D eigenvalue weighted by molar-refractivity contribution is 6.25. The minimum atomic E-state index is -0.657. The van der Waals surface area contributed by atoms with Crippen LogP contribution in [0.2, 0.25) is 0 Å². The molecule has 0 amide bonds. The van der Waals surface area contributed by atoms with E-state index in [-0.39, 0.29) is 0 Å². The number of carboxylic acid groups (broad SMARTS) is 1. The van der Waals surface area contributed by atoms with Crippen molar-refractivity contribution in [2.24, 2.45) is 5.41 Å². The second-order valence-corrected chi connectivity index (χ2v) is 4.50. The van der Waals surface area contributed by atoms with E-state index in [2.05, 4.69) is 0 Å². The van der Waals surface area contributed by atoms with Crippen molar-refractivity contribution in [1.29, 1.82) is 0 Å². The van der Waals surface area contributed by atoms with Gasteiger partial charge in [-0.3, -0.25) is 4.79 Å². The lowest BCUT2D eigenvalue weighted by molar-refractivity contribution is -0.151. The predicted molar refractivity (Wildman–Crippen MR) is 57.4 cm³/mol. The molecule has 1 N–H and O–H groups in total. The summed E-state index contributed by atoms with van der Waals surface area (Å²) >= 11 is 5.58. The number of hydrogen-bond acceptors (Lipinski definition) is 1. The van der Waals surface area contributed by atoms with Crippen LogP contribution in [0.1, 0.15) is 45.4 Å². The van der Waals surface area contributed by atoms with Crippen LogP contribution in [0.15, 0.2) is 11.1 Å². The molecule has 0 atom stereocenters. The van der Waals surface area contributed by atoms with Crippen LogP contribution < -0.4 is 0 Å². The van der Waals surface area contributed by atoms with Gasteiger partial charge < -0.3 is 5.11 Å². The lowest BCUT2D eigenvalue weighted by Crippen LogP contribution is -2.33. The first-order valence-electron chi connectivity index (χ1n) is 5.10. The average molecular weight is 217 g/mol. The third kappa shape index (κ3) is 2.50. The van der Waals surface area contributed by atoms with Crippen LogP contribution in [0.3, 0.4) is 0 Å². The third-order valence-electron chi connectivity index (χ3n) is 3.07. The Bertz CT molecular complexity index is 240. The Balaban J connectivity index is 2.75. The van der Waals surface area contributed by atoms with Crippen LogP contribution in [0.25, 0.3) is 0 Å². The van der Waals surface area contributed by atoms with Crippen LogP contribution in [0, 0.1) is 5.41 Å². The van der Waals surface area contributed by atoms with E-state index in [0.29, 0.717) is 6.42 Å². The van der Waals surface area contributed by atoms with Gasteiger partial charge in [0.15, 0.2) is 0 Å². The Hall–Kier alpha value is -0.500. The molecule has 1 fully saturated rings. The molecular weight excluding hydrogens is 200 g/mol. The smallest absolute Gasteiger partial charge is 0.309 e. The molecule has 1 aliphatic rings. The van der Waals surface area contributed by atoms with Crippen molar-refractivity contribution in [2.45, 2.75) is 45.4 Å². The van der Waals surface area contributed by atoms with Crippen LogP contribution >= 0.6 is 11.6 Å². The monoisotopic (exact) mass is 216 g/mol. The topological polar surface area (TPSA) is 37.3 Å². The zero-order valence-corrected chi connectivity index (χ0v) is 9.31. The van der Waals surface area contributed by atoms with Crippen LogP contribution in [-0.4, -0.2) is 11.1 Å². The molecule has 0 spiro atoms. The predicted octanol–water partition coefficient (Wildman–Crippen LogP) is 3.55. The number of hydrogen-bond donors (Lipinski definition) is 1. The number of carboxylic acids is 1. The molecule has 1 rings (SSSR count). The summed E-state index contributed by atoms with van der Waals surface area (Å²) in [5.74, 6) is -0.657. The largest absolute Gasteiger partial charge is 0.481 e. The molecule has 2 nitrogen and oxygen atoms in total. The van der Waals surface area contributed by atoms with Crippen molar-refractivity contribution in [2.75, 3.05) is 0 Å². The molecule has 0 bridgehead atoms. The first-order valence-corrected chi connectivity index (χ1v) is 5.54. The molecule has 1 aliphatic carbocycles. The second-order valence-electron chi connectivity index (χ2n) is 4.28. The summed E-state index contributed by atoms with van der Waals surface area (Å²) in [6.07, 6.45) is 5.42. The van der Waals surface area contributed by atoms with E-state index < -0.39 is 11.4 Å². The van der Waals surface area contributed by atoms with Gasteiger partial charge in [-0.15, -0.1) is 0 Å². The zero-order valence-electron chi connectivity index (χ0n) is 8.55. The molecule has 0 aromatic carbocycles. The average Bonchev–Trinajstić information content (AvgIpc) is 2.19. The highest BCUT2D eigenvalue weighted by Gasteiger charge is 2.39. The van der Waals surface area contributed by atoms with Crippen LogP contribution in [-0.2, 0) is 4.79 Å². The molecule has 0 saturated heterocycles. The van der Waals surface area contributed by atoms with Crippen molar-refractivity contribution in [3.63, 3.8) is 0 Å². The Morgan fingerprint density at radius 3 is 2.43 bits per heavy atom. The molecule has 0 radical (unpaired) electrons. The quantitative estimate of drug-likeness (QED) is 0.784. The van der Waals surface area contributed by atoms with Gasteiger partial charge in [0.2, 0.25) is 0 Å². The lowest BCUT2D eigenvalue weighted by atomic mass is 9.70. The molecule has 0 aromatic rings. The van der Waals surface area contributed by atoms with Gasteiger partial charge in [0.25, 0.3) is 0 Å². The summed E-state index contributed by atoms with van der Waals surface area (Å²) in [6, 6.07) is 0. The summed E-state index contributed by atoms with van der Waals surface area (Å²) in [7, 11) is 0. The Kier molecular flexibility index (Phi) is 3.99. The zero-order chi connectivity index (χ0) is 10.6. The number of allylic oxidation sites excluding steroid dienone is 1. The fraction of sp³-hybridized carbons (Fsp3) is 0.727. The minimum absolute atomic E-state index is 0.534. The lowest BCUT2D eigenvalue weighted by Gasteiger charge is -2.33. The van der Waals surface area contributed by atoms with E-state index in [1.807, 2.05) is 6.92 Å². The van der Waals surface area contributed by atoms with Gasteiger partial charge in [0, 0.05) is 5.54 Å². The molecule has 3 heteroatoms. The molecule has 0 heterocycles. The van der Waals surface area contributed by atoms with E-state index in [0.717, 1.165) is 31.3 Å². The minimum Gasteiger partial charge on any atom is -0.481 e. The molecule has 0 unspecified atom stereocenters. The van der Waals surface area contributed by atoms with Crippen molar-refractivity contribution in [3.8, 4) is 0 Å². The van der Waals surface area contributed by atoms with Gasteiger partial charge in [-0.1, -0.05) is 36.4 Å². The van der Waals surface area contributed by atoms with E-state index >= 15 is 0 Å². The van der Waals surface area contributed by atoms with Gasteiger partial charge in [0.1, 0.15) is 0 Å². The third-order valence-corrected chi connectivity index (χ3v) is 3.44. The maximum absolute atomic E-state index is 11.3. The van der Waals surface area contributed by atoms with Gasteiger partial charge in [-0.25, -0.2) is 0 Å². The van der Waals surface area contributed by atoms with Crippen molar-refractivity contribution < 1.29 is 9.90 Å². The van der Waals surface area contributed by atoms with E-state index in [1.54, 1.807) is 0 Å². The van der Waals surface area contributed by atoms with Crippen molar-refractivity contribution in [1.82, 2.24) is 0 Å². The summed E-state index contributed by atoms with van der Waals surface area (Å²) in [5.41, 5.74) is 1.93. The highest BCUT2D eigenvalue weighted by Crippen LogP contribution is 2.41. The molecule has 14 heavy (non-hydrogen) atoms. The van der Waals surface area contributed by atoms with Gasteiger partial charge in [-0.05, 0) is 26.2 Å². The standard InChI is InChI=1S/C11H17ClO2/c1-9(8-12)7-11(10(13)14)5-3-2-4-6-11/h8H,2-7H2,1H3,(H,13,14). The Labute approximate surface area is 90.0 Å². The summed E-state index contributed by atoms with van der Waals surface area (Å²) in [5, 5.41) is 9.26. The van der Waals surface area contributed by atoms with Crippen molar-refractivity contribution in [3.05, 3.63) is 11.1 Å². The van der Waals surface area contributed by atoms with Crippen molar-refractivity contribution >= 4 is 17.6 Å². The molecular formula is C11H17ClO2. The SMILES string of the molecule is CC(=CCl)CC1(C(=O)O)CCCCC1. The summed E-state index contributed by atoms with van der Waals surface area (Å²) in [6.45, 7) is 1.90. The van der Waals surface area contributed by atoms with Gasteiger partial charge >= 0.3 is 5.97 Å². The van der Waals surface area contributed by atoms with E-state index in [1.165, 1.54) is 12.0 Å². The Morgan fingerprint density at radius 2 is 2.00 bits per heavy atom. The fourth-order valence-corrected chi connectivity index (χ4v) is 2.34. The highest BCUT2D eigenvalue weighted by atomic mass is 35.5. The number of carbonyl (C=O) groups is 1. The fourth-order valence-electron chi connectivity index (χ4n) is 2.27. The normalized spacial score (nSPS) is 22.0. The van der Waals surface area contributed by atoms with Gasteiger partial charge in [-0.2, -0.15) is 0 Å². The van der Waals surface area contributed by atoms with Crippen LogP contribution in [0.4, 0.5) is 0 Å². The Morgan fingerprint density at radius 1 is 1.43 bits per heavy atom. The molecule has 1 saturated carbocycles. The summed E-state index contributed by atoms with van der Waals surface area (Å²) < 4.78 is 0. The van der Waals surface area contributed by atoms with E-state index in [9.17, 15) is 9.90 Å². The van der Waals surface area contributed by atoms with E-state index in [4.69, 9.17) is 11.6 Å². The van der Waals surface area contributed by atoms with Gasteiger partial charge in [0.05, 0.1) is 5.41 Å². The number of rotatable bonds is 3. The molecule has 0 aromatic heterocycles. The molecule has 80 valence electrons. The summed E-state index contributed by atoms with van der Waals surface area (Å²) in [4.78, 5) is 11.3. The number of halogens is 1. The first-order chi connectivity index (χ1) is 6.60.